The number of anilines is 2. The number of halogens is 1. The van der Waals surface area contributed by atoms with Gasteiger partial charge in [-0.3, -0.25) is 0 Å². The van der Waals surface area contributed by atoms with E-state index in [-0.39, 0.29) is 5.82 Å². The van der Waals surface area contributed by atoms with Crippen LogP contribution in [-0.2, 0) is 6.54 Å². The molecule has 1 aromatic carbocycles. The van der Waals surface area contributed by atoms with Crippen molar-refractivity contribution in [3.63, 3.8) is 0 Å². The number of hydrogen-bond acceptors (Lipinski definition) is 4. The van der Waals surface area contributed by atoms with E-state index in [1.165, 1.54) is 6.07 Å². The van der Waals surface area contributed by atoms with Gasteiger partial charge in [0.05, 0.1) is 12.2 Å². The van der Waals surface area contributed by atoms with Gasteiger partial charge in [-0.1, -0.05) is 12.1 Å². The van der Waals surface area contributed by atoms with Crippen molar-refractivity contribution in [2.24, 2.45) is 4.99 Å². The van der Waals surface area contributed by atoms with Gasteiger partial charge >= 0.3 is 0 Å². The molecular formula is C22H31FN6. The highest BCUT2D eigenvalue weighted by Crippen LogP contribution is 2.20. The molecule has 1 aliphatic rings. The Morgan fingerprint density at radius 3 is 2.66 bits per heavy atom. The van der Waals surface area contributed by atoms with E-state index in [1.807, 2.05) is 43.3 Å². The number of hydrogen-bond donors (Lipinski definition) is 2. The molecule has 1 aromatic heterocycles. The molecular weight excluding hydrogens is 367 g/mol. The lowest BCUT2D eigenvalue weighted by Gasteiger charge is -2.34. The summed E-state index contributed by atoms with van der Waals surface area (Å²) < 4.78 is 13.5. The van der Waals surface area contributed by atoms with Gasteiger partial charge in [0.1, 0.15) is 11.6 Å². The molecule has 3 rings (SSSR count). The maximum atomic E-state index is 13.5. The lowest BCUT2D eigenvalue weighted by atomic mass is 10.0. The monoisotopic (exact) mass is 398 g/mol. The van der Waals surface area contributed by atoms with E-state index in [0.29, 0.717) is 12.6 Å². The lowest BCUT2D eigenvalue weighted by Crippen LogP contribution is -2.48. The van der Waals surface area contributed by atoms with Crippen LogP contribution in [0.25, 0.3) is 0 Å². The molecule has 0 unspecified atom stereocenters. The van der Waals surface area contributed by atoms with E-state index in [1.54, 1.807) is 12.1 Å². The average molecular weight is 399 g/mol. The molecule has 1 aliphatic heterocycles. The fourth-order valence-electron chi connectivity index (χ4n) is 3.43. The van der Waals surface area contributed by atoms with Crippen molar-refractivity contribution in [3.05, 3.63) is 54.0 Å². The summed E-state index contributed by atoms with van der Waals surface area (Å²) >= 11 is 0. The van der Waals surface area contributed by atoms with Crippen LogP contribution in [-0.4, -0.2) is 50.7 Å². The molecule has 2 heterocycles. The van der Waals surface area contributed by atoms with E-state index in [9.17, 15) is 4.39 Å². The first kappa shape index (κ1) is 20.9. The molecule has 0 saturated carbocycles. The van der Waals surface area contributed by atoms with Crippen molar-refractivity contribution in [2.45, 2.75) is 32.4 Å². The van der Waals surface area contributed by atoms with Crippen LogP contribution in [0.3, 0.4) is 0 Å². The molecule has 1 fully saturated rings. The Balaban J connectivity index is 1.56. The summed E-state index contributed by atoms with van der Waals surface area (Å²) in [6.45, 7) is 5.19. The van der Waals surface area contributed by atoms with Crippen molar-refractivity contribution < 1.29 is 4.39 Å². The quantitative estimate of drug-likeness (QED) is 0.579. The van der Waals surface area contributed by atoms with Crippen molar-refractivity contribution in [1.82, 2.24) is 15.6 Å². The number of rotatable bonds is 6. The van der Waals surface area contributed by atoms with E-state index in [2.05, 4.69) is 27.4 Å². The minimum Gasteiger partial charge on any atom is -0.371 e. The van der Waals surface area contributed by atoms with Gasteiger partial charge < -0.3 is 20.4 Å². The van der Waals surface area contributed by atoms with Gasteiger partial charge in [0.2, 0.25) is 0 Å². The zero-order valence-corrected chi connectivity index (χ0v) is 17.5. The van der Waals surface area contributed by atoms with Crippen molar-refractivity contribution in [1.29, 1.82) is 0 Å². The van der Waals surface area contributed by atoms with Gasteiger partial charge in [-0.15, -0.1) is 0 Å². The minimum atomic E-state index is -0.184. The molecule has 7 heteroatoms. The van der Waals surface area contributed by atoms with Crippen LogP contribution in [0.15, 0.2) is 47.5 Å². The van der Waals surface area contributed by atoms with Crippen LogP contribution >= 0.6 is 0 Å². The fraction of sp³-hybridized carbons (Fsp3) is 0.455. The Kier molecular flexibility index (Phi) is 7.27. The van der Waals surface area contributed by atoms with Gasteiger partial charge in [-0.25, -0.2) is 14.4 Å². The first-order valence-electron chi connectivity index (χ1n) is 10.2. The zero-order chi connectivity index (χ0) is 20.6. The Labute approximate surface area is 172 Å². The SMILES string of the molecule is CCNC(=NCc1cccc(N(C)C)n1)NC1CCN(c2cccc(F)c2)CC1. The average Bonchev–Trinajstić information content (AvgIpc) is 2.73. The van der Waals surface area contributed by atoms with Crippen LogP contribution in [0.1, 0.15) is 25.5 Å². The van der Waals surface area contributed by atoms with Crippen molar-refractivity contribution in [2.75, 3.05) is 43.5 Å². The smallest absolute Gasteiger partial charge is 0.191 e. The molecule has 0 atom stereocenters. The number of piperidine rings is 1. The molecule has 2 N–H and O–H groups in total. The molecule has 156 valence electrons. The summed E-state index contributed by atoms with van der Waals surface area (Å²) in [6, 6.07) is 13.2. The van der Waals surface area contributed by atoms with Crippen LogP contribution in [0.5, 0.6) is 0 Å². The highest BCUT2D eigenvalue weighted by atomic mass is 19.1. The third-order valence-corrected chi connectivity index (χ3v) is 5.00. The minimum absolute atomic E-state index is 0.184. The van der Waals surface area contributed by atoms with Gasteiger partial charge in [0.15, 0.2) is 5.96 Å². The highest BCUT2D eigenvalue weighted by molar-refractivity contribution is 5.80. The first-order valence-corrected chi connectivity index (χ1v) is 10.2. The van der Waals surface area contributed by atoms with Gasteiger partial charge in [-0.05, 0) is 50.1 Å². The third kappa shape index (κ3) is 6.07. The number of aromatic nitrogens is 1. The Hall–Kier alpha value is -2.83. The molecule has 0 aliphatic carbocycles. The Bertz CT molecular complexity index is 814. The molecule has 0 bridgehead atoms. The van der Waals surface area contributed by atoms with Crippen LogP contribution in [0.2, 0.25) is 0 Å². The number of nitrogens with zero attached hydrogens (tertiary/aromatic N) is 4. The third-order valence-electron chi connectivity index (χ3n) is 5.00. The van der Waals surface area contributed by atoms with Crippen LogP contribution < -0.4 is 20.4 Å². The van der Waals surface area contributed by atoms with Gasteiger partial charge in [-0.2, -0.15) is 0 Å². The van der Waals surface area contributed by atoms with E-state index in [4.69, 9.17) is 4.99 Å². The summed E-state index contributed by atoms with van der Waals surface area (Å²) in [5.74, 6) is 1.56. The molecule has 0 amide bonds. The van der Waals surface area contributed by atoms with Gasteiger partial charge in [0.25, 0.3) is 0 Å². The summed E-state index contributed by atoms with van der Waals surface area (Å²) in [5.41, 5.74) is 1.89. The van der Waals surface area contributed by atoms with Gasteiger partial charge in [0, 0.05) is 45.5 Å². The fourth-order valence-corrected chi connectivity index (χ4v) is 3.43. The number of benzene rings is 1. The summed E-state index contributed by atoms with van der Waals surface area (Å²) in [4.78, 5) is 13.6. The predicted molar refractivity (Wildman–Crippen MR) is 118 cm³/mol. The van der Waals surface area contributed by atoms with Crippen molar-refractivity contribution in [3.8, 4) is 0 Å². The number of nitrogens with one attached hydrogen (secondary N) is 2. The zero-order valence-electron chi connectivity index (χ0n) is 17.5. The molecule has 6 nitrogen and oxygen atoms in total. The standard InChI is InChI=1S/C22H31FN6/c1-4-24-22(25-16-19-8-6-10-21(26-19)28(2)3)27-18-11-13-29(14-12-18)20-9-5-7-17(23)15-20/h5-10,15,18H,4,11-14,16H2,1-3H3,(H2,24,25,27). The molecule has 1 saturated heterocycles. The second-order valence-electron chi connectivity index (χ2n) is 7.46. The van der Waals surface area contributed by atoms with Crippen LogP contribution in [0, 0.1) is 5.82 Å². The van der Waals surface area contributed by atoms with E-state index < -0.39 is 0 Å². The second-order valence-corrected chi connectivity index (χ2v) is 7.46. The molecule has 29 heavy (non-hydrogen) atoms. The van der Waals surface area contributed by atoms with Crippen LogP contribution in [0.4, 0.5) is 15.9 Å². The van der Waals surface area contributed by atoms with E-state index in [0.717, 1.165) is 55.6 Å². The summed E-state index contributed by atoms with van der Waals surface area (Å²) in [5, 5.41) is 6.87. The maximum Gasteiger partial charge on any atom is 0.191 e. The lowest BCUT2D eigenvalue weighted by molar-refractivity contribution is 0.461. The number of guanidine groups is 1. The van der Waals surface area contributed by atoms with Crippen molar-refractivity contribution >= 4 is 17.5 Å². The number of pyridine rings is 1. The molecule has 2 aromatic rings. The topological polar surface area (TPSA) is 55.8 Å². The summed E-state index contributed by atoms with van der Waals surface area (Å²) in [6.07, 6.45) is 1.96. The maximum absolute atomic E-state index is 13.5. The second kappa shape index (κ2) is 10.1. The normalized spacial score (nSPS) is 15.3. The highest BCUT2D eigenvalue weighted by Gasteiger charge is 2.20. The summed E-state index contributed by atoms with van der Waals surface area (Å²) in [7, 11) is 3.97. The Morgan fingerprint density at radius 1 is 1.21 bits per heavy atom. The predicted octanol–water partition coefficient (Wildman–Crippen LogP) is 3.01. The Morgan fingerprint density at radius 2 is 1.97 bits per heavy atom. The number of aliphatic imine (C=N–C) groups is 1. The largest absolute Gasteiger partial charge is 0.371 e. The van der Waals surface area contributed by atoms with E-state index >= 15 is 0 Å². The molecule has 0 spiro atoms. The first-order chi connectivity index (χ1) is 14.0. The molecule has 0 radical (unpaired) electrons.